The average molecular weight is 278 g/mol. The van der Waals surface area contributed by atoms with Gasteiger partial charge in [0.05, 0.1) is 5.57 Å². The van der Waals surface area contributed by atoms with Crippen molar-refractivity contribution < 1.29 is 0 Å². The third kappa shape index (κ3) is 2.44. The summed E-state index contributed by atoms with van der Waals surface area (Å²) in [5.74, 6) is 0. The zero-order chi connectivity index (χ0) is 11.3. The largest absolute Gasteiger partial charge is 0.192 e. The Bertz CT molecular complexity index is 506. The number of halogens is 1. The van der Waals surface area contributed by atoms with E-state index in [1.165, 1.54) is 11.3 Å². The predicted octanol–water partition coefficient (Wildman–Crippen LogP) is 2.97. The van der Waals surface area contributed by atoms with Gasteiger partial charge in [-0.15, -0.1) is 11.3 Å². The van der Waals surface area contributed by atoms with Gasteiger partial charge in [0.1, 0.15) is 23.8 Å². The molecule has 3 nitrogen and oxygen atoms in total. The number of allylic oxidation sites excluding steroid dienone is 2. The van der Waals surface area contributed by atoms with Crippen LogP contribution in [0.2, 0.25) is 0 Å². The van der Waals surface area contributed by atoms with Crippen molar-refractivity contribution in [3.63, 3.8) is 0 Å². The molecular weight excluding hydrogens is 274 g/mol. The zero-order valence-electron chi connectivity index (χ0n) is 7.49. The van der Waals surface area contributed by atoms with Crippen LogP contribution in [0.3, 0.4) is 0 Å². The standard InChI is InChI=1S/C10H4BrN3S/c11-3-8-1-2-10(15-8)9(6-14)7(4-12)5-13/h1-2H,3H2. The number of hydrogen-bond donors (Lipinski definition) is 0. The summed E-state index contributed by atoms with van der Waals surface area (Å²) in [7, 11) is 0. The number of hydrogen-bond acceptors (Lipinski definition) is 4. The number of alkyl halides is 1. The molecule has 0 atom stereocenters. The average Bonchev–Trinajstić information content (AvgIpc) is 2.73. The van der Waals surface area contributed by atoms with Gasteiger partial charge in [0.25, 0.3) is 0 Å². The van der Waals surface area contributed by atoms with Gasteiger partial charge in [-0.3, -0.25) is 0 Å². The molecule has 0 bridgehead atoms. The molecule has 0 amide bonds. The molecule has 0 N–H and O–H groups in total. The summed E-state index contributed by atoms with van der Waals surface area (Å²) < 4.78 is 0. The van der Waals surface area contributed by atoms with Crippen molar-refractivity contribution in [2.24, 2.45) is 0 Å². The second kappa shape index (κ2) is 5.32. The van der Waals surface area contributed by atoms with Crippen LogP contribution in [0.15, 0.2) is 17.7 Å². The number of nitrogens with zero attached hydrogens (tertiary/aromatic N) is 3. The fourth-order valence-corrected chi connectivity index (χ4v) is 2.34. The van der Waals surface area contributed by atoms with E-state index in [0.29, 0.717) is 10.2 Å². The molecule has 0 aliphatic rings. The van der Waals surface area contributed by atoms with E-state index in [9.17, 15) is 0 Å². The van der Waals surface area contributed by atoms with Gasteiger partial charge in [-0.05, 0) is 12.1 Å². The summed E-state index contributed by atoms with van der Waals surface area (Å²) >= 11 is 4.69. The van der Waals surface area contributed by atoms with Crippen molar-refractivity contribution in [2.75, 3.05) is 0 Å². The molecule has 0 aromatic carbocycles. The molecule has 0 saturated carbocycles. The number of rotatable bonds is 2. The maximum atomic E-state index is 8.88. The fourth-order valence-electron chi connectivity index (χ4n) is 0.955. The van der Waals surface area contributed by atoms with Crippen LogP contribution in [-0.2, 0) is 5.33 Å². The second-order valence-electron chi connectivity index (χ2n) is 2.48. The second-order valence-corrected chi connectivity index (χ2v) is 4.21. The molecule has 1 heterocycles. The van der Waals surface area contributed by atoms with Crippen LogP contribution >= 0.6 is 27.3 Å². The Morgan fingerprint density at radius 1 is 1.20 bits per heavy atom. The molecule has 0 radical (unpaired) electrons. The maximum absolute atomic E-state index is 8.88. The lowest BCUT2D eigenvalue weighted by Crippen LogP contribution is -1.81. The van der Waals surface area contributed by atoms with E-state index in [-0.39, 0.29) is 11.1 Å². The van der Waals surface area contributed by atoms with E-state index in [4.69, 9.17) is 15.8 Å². The van der Waals surface area contributed by atoms with Crippen molar-refractivity contribution in [3.05, 3.63) is 27.5 Å². The van der Waals surface area contributed by atoms with Crippen molar-refractivity contribution >= 4 is 32.8 Å². The number of nitriles is 3. The normalized spacial score (nSPS) is 8.40. The Balaban J connectivity index is 3.28. The van der Waals surface area contributed by atoms with Crippen LogP contribution in [0.1, 0.15) is 9.75 Å². The Morgan fingerprint density at radius 3 is 2.27 bits per heavy atom. The smallest absolute Gasteiger partial charge is 0.148 e. The highest BCUT2D eigenvalue weighted by Gasteiger charge is 2.10. The van der Waals surface area contributed by atoms with Gasteiger partial charge in [-0.1, -0.05) is 15.9 Å². The molecule has 0 aliphatic heterocycles. The van der Waals surface area contributed by atoms with Gasteiger partial charge in [0, 0.05) is 15.1 Å². The highest BCUT2D eigenvalue weighted by molar-refractivity contribution is 9.08. The summed E-state index contributed by atoms with van der Waals surface area (Å²) in [6, 6.07) is 8.93. The summed E-state index contributed by atoms with van der Waals surface area (Å²) in [5, 5.41) is 26.9. The molecule has 15 heavy (non-hydrogen) atoms. The quantitative estimate of drug-likeness (QED) is 0.616. The molecule has 0 aliphatic carbocycles. The van der Waals surface area contributed by atoms with Gasteiger partial charge in [-0.2, -0.15) is 15.8 Å². The number of thiophene rings is 1. The molecule has 72 valence electrons. The molecule has 1 aromatic rings. The van der Waals surface area contributed by atoms with Crippen LogP contribution in [0, 0.1) is 34.0 Å². The third-order valence-electron chi connectivity index (χ3n) is 1.63. The van der Waals surface area contributed by atoms with Crippen molar-refractivity contribution in [1.82, 2.24) is 0 Å². The van der Waals surface area contributed by atoms with E-state index in [1.54, 1.807) is 18.2 Å². The van der Waals surface area contributed by atoms with E-state index in [2.05, 4.69) is 15.9 Å². The lowest BCUT2D eigenvalue weighted by atomic mass is 10.1. The SMILES string of the molecule is N#CC(C#N)=C(C#N)c1ccc(CBr)s1. The third-order valence-corrected chi connectivity index (χ3v) is 3.70. The Hall–Kier alpha value is -1.61. The lowest BCUT2D eigenvalue weighted by molar-refractivity contribution is 1.46. The van der Waals surface area contributed by atoms with Gasteiger partial charge < -0.3 is 0 Å². The topological polar surface area (TPSA) is 71.4 Å². The first kappa shape index (κ1) is 11.5. The van der Waals surface area contributed by atoms with Crippen molar-refractivity contribution in [2.45, 2.75) is 5.33 Å². The minimum atomic E-state index is -0.138. The summed E-state index contributed by atoms with van der Waals surface area (Å²) in [5.41, 5.74) is 0.0117. The highest BCUT2D eigenvalue weighted by Crippen LogP contribution is 2.27. The summed E-state index contributed by atoms with van der Waals surface area (Å²) in [6.07, 6.45) is 0. The molecule has 0 spiro atoms. The Morgan fingerprint density at radius 2 is 1.87 bits per heavy atom. The summed E-state index contributed by atoms with van der Waals surface area (Å²) in [6.45, 7) is 0. The van der Waals surface area contributed by atoms with Crippen LogP contribution in [0.5, 0.6) is 0 Å². The lowest BCUT2D eigenvalue weighted by Gasteiger charge is -1.91. The molecule has 1 aromatic heterocycles. The van der Waals surface area contributed by atoms with Crippen molar-refractivity contribution in [1.29, 1.82) is 15.8 Å². The van der Waals surface area contributed by atoms with Gasteiger partial charge in [0.2, 0.25) is 0 Å². The van der Waals surface area contributed by atoms with Crippen LogP contribution in [0.4, 0.5) is 0 Å². The van der Waals surface area contributed by atoms with Crippen LogP contribution in [0.25, 0.3) is 5.57 Å². The Labute approximate surface area is 99.6 Å². The fraction of sp³-hybridized carbons (Fsp3) is 0.100. The minimum absolute atomic E-state index is 0.138. The van der Waals surface area contributed by atoms with E-state index < -0.39 is 0 Å². The van der Waals surface area contributed by atoms with E-state index >= 15 is 0 Å². The summed E-state index contributed by atoms with van der Waals surface area (Å²) in [4.78, 5) is 1.71. The van der Waals surface area contributed by atoms with Gasteiger partial charge in [0.15, 0.2) is 0 Å². The predicted molar refractivity (Wildman–Crippen MR) is 60.7 cm³/mol. The zero-order valence-corrected chi connectivity index (χ0v) is 9.89. The molecule has 0 fully saturated rings. The minimum Gasteiger partial charge on any atom is -0.192 e. The van der Waals surface area contributed by atoms with Crippen molar-refractivity contribution in [3.8, 4) is 18.2 Å². The highest BCUT2D eigenvalue weighted by atomic mass is 79.9. The van der Waals surface area contributed by atoms with Crippen LogP contribution in [-0.4, -0.2) is 0 Å². The van der Waals surface area contributed by atoms with E-state index in [1.807, 2.05) is 12.1 Å². The van der Waals surface area contributed by atoms with E-state index in [0.717, 1.165) is 4.88 Å². The Kier molecular flexibility index (Phi) is 4.06. The molecule has 5 heteroatoms. The molecular formula is C10H4BrN3S. The maximum Gasteiger partial charge on any atom is 0.148 e. The monoisotopic (exact) mass is 277 g/mol. The molecule has 0 saturated heterocycles. The van der Waals surface area contributed by atoms with Gasteiger partial charge in [-0.25, -0.2) is 0 Å². The molecule has 1 rings (SSSR count). The first-order valence-corrected chi connectivity index (χ1v) is 5.80. The van der Waals surface area contributed by atoms with Crippen LogP contribution < -0.4 is 0 Å². The first-order chi connectivity index (χ1) is 7.26. The molecule has 0 unspecified atom stereocenters. The first-order valence-electron chi connectivity index (χ1n) is 3.86. The van der Waals surface area contributed by atoms with Gasteiger partial charge >= 0.3 is 0 Å².